The van der Waals surface area contributed by atoms with Gasteiger partial charge in [-0.3, -0.25) is 0 Å². The molecule has 0 heterocycles. The van der Waals surface area contributed by atoms with Crippen LogP contribution in [0.25, 0.3) is 0 Å². The Morgan fingerprint density at radius 3 is 1.12 bits per heavy atom. The Morgan fingerprint density at radius 2 is 0.941 bits per heavy atom. The van der Waals surface area contributed by atoms with E-state index in [1.54, 1.807) is 0 Å². The average Bonchev–Trinajstić information content (AvgIpc) is 2.15. The van der Waals surface area contributed by atoms with E-state index in [0.29, 0.717) is 0 Å². The topological polar surface area (TPSA) is 124 Å². The molecule has 0 aromatic rings. The van der Waals surface area contributed by atoms with Crippen molar-refractivity contribution in [3.05, 3.63) is 0 Å². The second-order valence-corrected chi connectivity index (χ2v) is 3.21. The van der Waals surface area contributed by atoms with Gasteiger partial charge in [0.05, 0.1) is 0 Å². The molecule has 0 aliphatic carbocycles. The first-order valence-electron chi connectivity index (χ1n) is 4.73. The minimum absolute atomic E-state index is 0. The number of carbonyl (C=O) groups is 3. The Balaban J connectivity index is 0. The summed E-state index contributed by atoms with van der Waals surface area (Å²) in [6.45, 7) is 0.134. The van der Waals surface area contributed by atoms with Gasteiger partial charge < -0.3 is 34.6 Å². The molecule has 0 bridgehead atoms. The molecule has 17 heavy (non-hydrogen) atoms. The summed E-state index contributed by atoms with van der Waals surface area (Å²) >= 11 is 0. The van der Waals surface area contributed by atoms with Crippen LogP contribution < -0.4 is 15.3 Å². The molecule has 0 radical (unpaired) electrons. The van der Waals surface area contributed by atoms with Crippen LogP contribution >= 0.6 is 0 Å². The van der Waals surface area contributed by atoms with Gasteiger partial charge in [-0.25, -0.2) is 0 Å². The molecular weight excluding hydrogens is 282 g/mol. The molecule has 0 atom stereocenters. The van der Waals surface area contributed by atoms with E-state index in [1.807, 2.05) is 0 Å². The van der Waals surface area contributed by atoms with Crippen molar-refractivity contribution in [2.24, 2.45) is 0 Å². The molecule has 0 unspecified atom stereocenters. The van der Waals surface area contributed by atoms with E-state index < -0.39 is 17.9 Å². The van der Waals surface area contributed by atoms with Gasteiger partial charge in [-0.15, -0.1) is 0 Å². The molecule has 100 valence electrons. The summed E-state index contributed by atoms with van der Waals surface area (Å²) in [6.07, 6.45) is -0.833. The molecule has 0 aliphatic rings. The van der Waals surface area contributed by atoms with E-state index in [0.717, 1.165) is 0 Å². The SMILES string of the molecule is O=C([O-])CCN(CCC(=O)[O-])CCC(=O)[O-].[Cu+3]. The van der Waals surface area contributed by atoms with Crippen LogP contribution in [0.15, 0.2) is 0 Å². The summed E-state index contributed by atoms with van der Waals surface area (Å²) in [6, 6.07) is 0. The van der Waals surface area contributed by atoms with Gasteiger partial charge in [0, 0.05) is 37.5 Å². The third kappa shape index (κ3) is 12.8. The summed E-state index contributed by atoms with van der Waals surface area (Å²) < 4.78 is 0. The van der Waals surface area contributed by atoms with Crippen LogP contribution in [0.2, 0.25) is 0 Å². The van der Waals surface area contributed by atoms with Crippen molar-refractivity contribution in [1.29, 1.82) is 0 Å². The van der Waals surface area contributed by atoms with Crippen LogP contribution in [0.1, 0.15) is 19.3 Å². The van der Waals surface area contributed by atoms with Crippen LogP contribution in [-0.2, 0) is 31.5 Å². The maximum atomic E-state index is 10.2. The van der Waals surface area contributed by atoms with E-state index in [2.05, 4.69) is 0 Å². The minimum atomic E-state index is -1.27. The second-order valence-electron chi connectivity index (χ2n) is 3.21. The van der Waals surface area contributed by atoms with Crippen LogP contribution in [0.3, 0.4) is 0 Å². The number of carbonyl (C=O) groups excluding carboxylic acids is 3. The van der Waals surface area contributed by atoms with Crippen molar-refractivity contribution in [1.82, 2.24) is 4.90 Å². The predicted molar refractivity (Wildman–Crippen MR) is 45.3 cm³/mol. The minimum Gasteiger partial charge on any atom is -0.550 e. The summed E-state index contributed by atoms with van der Waals surface area (Å²) in [5.74, 6) is -3.81. The van der Waals surface area contributed by atoms with E-state index in [9.17, 15) is 29.7 Å². The maximum absolute atomic E-state index is 10.2. The molecule has 0 saturated heterocycles. The Morgan fingerprint density at radius 1 is 0.706 bits per heavy atom. The number of carboxylic acids is 3. The molecule has 7 nitrogen and oxygen atoms in total. The molecule has 0 spiro atoms. The van der Waals surface area contributed by atoms with Crippen LogP contribution in [0.5, 0.6) is 0 Å². The van der Waals surface area contributed by atoms with E-state index in [-0.39, 0.29) is 56.0 Å². The predicted octanol–water partition coefficient (Wildman–Crippen LogP) is -4.29. The van der Waals surface area contributed by atoms with Gasteiger partial charge in [0.25, 0.3) is 0 Å². The van der Waals surface area contributed by atoms with Crippen molar-refractivity contribution < 1.29 is 46.8 Å². The molecule has 0 rings (SSSR count). The smallest absolute Gasteiger partial charge is 0.550 e. The second kappa shape index (κ2) is 10.1. The number of hydrogen-bond donors (Lipinski definition) is 0. The molecule has 0 aromatic heterocycles. The largest absolute Gasteiger partial charge is 3.00 e. The quantitative estimate of drug-likeness (QED) is 0.394. The van der Waals surface area contributed by atoms with Crippen molar-refractivity contribution >= 4 is 17.9 Å². The van der Waals surface area contributed by atoms with Gasteiger partial charge in [0.1, 0.15) is 0 Å². The van der Waals surface area contributed by atoms with Gasteiger partial charge >= 0.3 is 17.1 Å². The fourth-order valence-corrected chi connectivity index (χ4v) is 1.08. The first-order valence-corrected chi connectivity index (χ1v) is 4.73. The Hall–Kier alpha value is -1.11. The number of aliphatic carboxylic acids is 3. The monoisotopic (exact) mass is 293 g/mol. The zero-order valence-electron chi connectivity index (χ0n) is 8.94. The molecule has 0 saturated carbocycles. The molecule has 8 heteroatoms. The Bertz CT molecular complexity index is 227. The molecular formula is C9H12CuNO6. The fourth-order valence-electron chi connectivity index (χ4n) is 1.08. The summed E-state index contributed by atoms with van der Waals surface area (Å²) in [4.78, 5) is 32.0. The normalized spacial score (nSPS) is 9.71. The first kappa shape index (κ1) is 18.3. The van der Waals surface area contributed by atoms with Gasteiger partial charge in [-0.05, 0) is 19.3 Å². The van der Waals surface area contributed by atoms with Crippen molar-refractivity contribution in [2.75, 3.05) is 19.6 Å². The van der Waals surface area contributed by atoms with Crippen molar-refractivity contribution in [2.45, 2.75) is 19.3 Å². The van der Waals surface area contributed by atoms with E-state index in [4.69, 9.17) is 0 Å². The third-order valence-corrected chi connectivity index (χ3v) is 1.90. The summed E-state index contributed by atoms with van der Waals surface area (Å²) in [5, 5.41) is 30.6. The number of carboxylic acid groups (broad SMARTS) is 3. The van der Waals surface area contributed by atoms with E-state index in [1.165, 1.54) is 4.90 Å². The van der Waals surface area contributed by atoms with Gasteiger partial charge in [0.15, 0.2) is 0 Å². The number of hydrogen-bond acceptors (Lipinski definition) is 7. The number of nitrogens with zero attached hydrogens (tertiary/aromatic N) is 1. The fraction of sp³-hybridized carbons (Fsp3) is 0.667. The molecule has 0 fully saturated rings. The van der Waals surface area contributed by atoms with Crippen LogP contribution in [-0.4, -0.2) is 42.4 Å². The first-order chi connectivity index (χ1) is 7.41. The van der Waals surface area contributed by atoms with E-state index >= 15 is 0 Å². The molecule has 0 amide bonds. The molecule has 0 aliphatic heterocycles. The Kier molecular flexibility index (Phi) is 10.8. The van der Waals surface area contributed by atoms with Gasteiger partial charge in [-0.2, -0.15) is 0 Å². The zero-order chi connectivity index (χ0) is 12.6. The van der Waals surface area contributed by atoms with Crippen molar-refractivity contribution in [3.8, 4) is 0 Å². The summed E-state index contributed by atoms with van der Waals surface area (Å²) in [7, 11) is 0. The van der Waals surface area contributed by atoms with Gasteiger partial charge in [0.2, 0.25) is 0 Å². The standard InChI is InChI=1S/C9H15NO6.Cu/c11-7(12)1-4-10(5-2-8(13)14)6-3-9(15)16;/h1-6H2,(H,11,12)(H,13,14)(H,15,16);/q;+3/p-3. The average molecular weight is 294 g/mol. The molecule has 0 aromatic carbocycles. The number of rotatable bonds is 9. The van der Waals surface area contributed by atoms with Gasteiger partial charge in [-0.1, -0.05) is 0 Å². The van der Waals surface area contributed by atoms with Crippen molar-refractivity contribution in [3.63, 3.8) is 0 Å². The maximum Gasteiger partial charge on any atom is 3.00 e. The Labute approximate surface area is 109 Å². The van der Waals surface area contributed by atoms with Crippen LogP contribution in [0.4, 0.5) is 0 Å². The van der Waals surface area contributed by atoms with Crippen LogP contribution in [0, 0.1) is 0 Å². The zero-order valence-corrected chi connectivity index (χ0v) is 9.88. The summed E-state index contributed by atoms with van der Waals surface area (Å²) in [5.41, 5.74) is 0. The molecule has 0 N–H and O–H groups in total. The third-order valence-electron chi connectivity index (χ3n) is 1.90.